The highest BCUT2D eigenvalue weighted by atomic mass is 16.3. The Labute approximate surface area is 92.7 Å². The molecule has 1 amide bonds. The van der Waals surface area contributed by atoms with Crippen LogP contribution in [0.1, 0.15) is 11.3 Å². The number of carbonyl (C=O) groups excluding carboxylic acids is 1. The number of aliphatic hydroxyl groups excluding tert-OH is 1. The number of amides is 1. The van der Waals surface area contributed by atoms with Gasteiger partial charge in [0.25, 0.3) is 0 Å². The smallest absolute Gasteiger partial charge is 0.305 e. The molecule has 1 rings (SSSR count). The van der Waals surface area contributed by atoms with E-state index in [-0.39, 0.29) is 0 Å². The van der Waals surface area contributed by atoms with E-state index in [0.29, 0.717) is 6.54 Å². The fraction of sp³-hybridized carbons (Fsp3) is 0.400. The Morgan fingerprint density at radius 2 is 2.38 bits per heavy atom. The number of nitrogens with zero attached hydrogens (tertiary/aromatic N) is 2. The van der Waals surface area contributed by atoms with Gasteiger partial charge in [0.15, 0.2) is 0 Å². The molecule has 1 unspecified atom stereocenters. The largest absolute Gasteiger partial charge is 0.394 e. The molecular formula is C10H13N3O3. The number of pyridine rings is 1. The van der Waals surface area contributed by atoms with Crippen LogP contribution in [0, 0.1) is 11.8 Å². The molecule has 86 valence electrons. The molecule has 2 N–H and O–H groups in total. The van der Waals surface area contributed by atoms with E-state index < -0.39 is 18.6 Å². The third-order valence-corrected chi connectivity index (χ3v) is 2.10. The van der Waals surface area contributed by atoms with Gasteiger partial charge in [-0.05, 0) is 18.6 Å². The zero-order valence-electron chi connectivity index (χ0n) is 8.88. The van der Waals surface area contributed by atoms with Gasteiger partial charge in [-0.3, -0.25) is 15.1 Å². The van der Waals surface area contributed by atoms with Crippen molar-refractivity contribution in [2.45, 2.75) is 19.5 Å². The first-order valence-corrected chi connectivity index (χ1v) is 4.80. The normalized spacial score (nSPS) is 12.1. The standard InChI is InChI=1S/C10H13N3O3/c1-7-2-3-8(4-11-7)5-12-9(6-14)10(15)13-16/h2-4,9,12,14H,5-6H2,1H3. The number of hydrogen-bond acceptors (Lipinski definition) is 5. The van der Waals surface area contributed by atoms with Gasteiger partial charge in [0, 0.05) is 23.6 Å². The van der Waals surface area contributed by atoms with Crippen molar-refractivity contribution in [3.63, 3.8) is 0 Å². The SMILES string of the molecule is Cc1ccc(CNC(CO)C(=O)N=O)cn1. The Kier molecular flexibility index (Phi) is 4.68. The van der Waals surface area contributed by atoms with Crippen LogP contribution in [0.25, 0.3) is 0 Å². The molecule has 0 aliphatic heterocycles. The second kappa shape index (κ2) is 6.04. The zero-order valence-corrected chi connectivity index (χ0v) is 8.88. The Morgan fingerprint density at radius 1 is 1.62 bits per heavy atom. The minimum atomic E-state index is -0.946. The molecule has 0 aliphatic rings. The van der Waals surface area contributed by atoms with Gasteiger partial charge in [-0.2, -0.15) is 0 Å². The molecular weight excluding hydrogens is 210 g/mol. The number of hydrogen-bond donors (Lipinski definition) is 2. The van der Waals surface area contributed by atoms with Crippen LogP contribution in [0.5, 0.6) is 0 Å². The van der Waals surface area contributed by atoms with Crippen molar-refractivity contribution in [3.8, 4) is 0 Å². The number of nitroso groups, excluding NO2 is 1. The average molecular weight is 223 g/mol. The summed E-state index contributed by atoms with van der Waals surface area (Å²) >= 11 is 0. The van der Waals surface area contributed by atoms with E-state index in [9.17, 15) is 9.70 Å². The number of nitrogens with one attached hydrogen (secondary N) is 1. The summed E-state index contributed by atoms with van der Waals surface area (Å²) in [6, 6.07) is 2.74. The van der Waals surface area contributed by atoms with Gasteiger partial charge < -0.3 is 5.11 Å². The third kappa shape index (κ3) is 3.48. The van der Waals surface area contributed by atoms with E-state index in [2.05, 4.69) is 15.5 Å². The molecule has 0 aromatic carbocycles. The van der Waals surface area contributed by atoms with E-state index >= 15 is 0 Å². The molecule has 0 fully saturated rings. The van der Waals surface area contributed by atoms with Crippen molar-refractivity contribution >= 4 is 5.91 Å². The minimum absolute atomic E-state index is 0.347. The second-order valence-electron chi connectivity index (χ2n) is 3.35. The molecule has 0 radical (unpaired) electrons. The summed E-state index contributed by atoms with van der Waals surface area (Å²) in [7, 11) is 0. The molecule has 0 saturated heterocycles. The molecule has 6 heteroatoms. The van der Waals surface area contributed by atoms with Crippen molar-refractivity contribution in [2.24, 2.45) is 5.18 Å². The van der Waals surface area contributed by atoms with Crippen LogP contribution in [0.2, 0.25) is 0 Å². The van der Waals surface area contributed by atoms with Gasteiger partial charge in [-0.15, -0.1) is 4.91 Å². The molecule has 1 atom stereocenters. The lowest BCUT2D eigenvalue weighted by Crippen LogP contribution is -2.38. The lowest BCUT2D eigenvalue weighted by molar-refractivity contribution is -0.120. The molecule has 1 heterocycles. The maximum Gasteiger partial charge on any atom is 0.305 e. The van der Waals surface area contributed by atoms with Crippen LogP contribution in [-0.2, 0) is 11.3 Å². The summed E-state index contributed by atoms with van der Waals surface area (Å²) in [4.78, 5) is 25.0. The third-order valence-electron chi connectivity index (χ3n) is 2.10. The van der Waals surface area contributed by atoms with Gasteiger partial charge in [0.2, 0.25) is 0 Å². The van der Waals surface area contributed by atoms with Gasteiger partial charge >= 0.3 is 5.91 Å². The molecule has 1 aromatic rings. The van der Waals surface area contributed by atoms with Crippen LogP contribution in [0.3, 0.4) is 0 Å². The van der Waals surface area contributed by atoms with Gasteiger partial charge in [0.1, 0.15) is 6.04 Å². The Hall–Kier alpha value is -1.66. The van der Waals surface area contributed by atoms with Crippen LogP contribution < -0.4 is 5.32 Å². The molecule has 16 heavy (non-hydrogen) atoms. The van der Waals surface area contributed by atoms with Gasteiger partial charge in [-0.1, -0.05) is 6.07 Å². The van der Waals surface area contributed by atoms with Crippen LogP contribution in [-0.4, -0.2) is 28.6 Å². The van der Waals surface area contributed by atoms with Crippen molar-refractivity contribution in [1.29, 1.82) is 0 Å². The summed E-state index contributed by atoms with van der Waals surface area (Å²) in [6.45, 7) is 1.76. The van der Waals surface area contributed by atoms with Gasteiger partial charge in [-0.25, -0.2) is 0 Å². The second-order valence-corrected chi connectivity index (χ2v) is 3.35. The Morgan fingerprint density at radius 3 is 2.88 bits per heavy atom. The molecule has 6 nitrogen and oxygen atoms in total. The molecule has 0 aliphatic carbocycles. The summed E-state index contributed by atoms with van der Waals surface area (Å²) in [5.74, 6) is -0.900. The number of aromatic nitrogens is 1. The number of carbonyl (C=O) groups is 1. The minimum Gasteiger partial charge on any atom is -0.394 e. The Balaban J connectivity index is 2.52. The summed E-state index contributed by atoms with van der Waals surface area (Å²) in [6.07, 6.45) is 1.66. The first kappa shape index (κ1) is 12.4. The van der Waals surface area contributed by atoms with Crippen molar-refractivity contribution in [3.05, 3.63) is 34.5 Å². The first-order chi connectivity index (χ1) is 7.67. The van der Waals surface area contributed by atoms with Crippen molar-refractivity contribution in [2.75, 3.05) is 6.61 Å². The van der Waals surface area contributed by atoms with E-state index in [4.69, 9.17) is 5.11 Å². The summed E-state index contributed by atoms with van der Waals surface area (Å²) in [5.41, 5.74) is 1.76. The average Bonchev–Trinajstić information content (AvgIpc) is 2.31. The van der Waals surface area contributed by atoms with E-state index in [0.717, 1.165) is 11.3 Å². The number of rotatable bonds is 5. The van der Waals surface area contributed by atoms with Crippen molar-refractivity contribution < 1.29 is 9.90 Å². The van der Waals surface area contributed by atoms with Crippen LogP contribution in [0.15, 0.2) is 23.5 Å². The summed E-state index contributed by atoms with van der Waals surface area (Å²) < 4.78 is 0. The lowest BCUT2D eigenvalue weighted by Gasteiger charge is -2.10. The maximum absolute atomic E-state index is 10.9. The summed E-state index contributed by atoms with van der Waals surface area (Å²) in [5, 5.41) is 13.8. The van der Waals surface area contributed by atoms with Gasteiger partial charge in [0.05, 0.1) is 6.61 Å². The predicted molar refractivity (Wildman–Crippen MR) is 57.5 cm³/mol. The predicted octanol–water partition coefficient (Wildman–Crippen LogP) is 0.134. The fourth-order valence-corrected chi connectivity index (χ4v) is 1.14. The van der Waals surface area contributed by atoms with Crippen molar-refractivity contribution in [1.82, 2.24) is 10.3 Å². The molecule has 0 bridgehead atoms. The number of aliphatic hydroxyl groups is 1. The van der Waals surface area contributed by atoms with E-state index in [1.165, 1.54) is 0 Å². The van der Waals surface area contributed by atoms with Crippen LogP contribution >= 0.6 is 0 Å². The monoisotopic (exact) mass is 223 g/mol. The van der Waals surface area contributed by atoms with Crippen LogP contribution in [0.4, 0.5) is 0 Å². The quantitative estimate of drug-likeness (QED) is 0.692. The van der Waals surface area contributed by atoms with E-state index in [1.807, 2.05) is 19.1 Å². The molecule has 0 spiro atoms. The lowest BCUT2D eigenvalue weighted by atomic mass is 10.2. The molecule has 1 aromatic heterocycles. The first-order valence-electron chi connectivity index (χ1n) is 4.80. The topological polar surface area (TPSA) is 91.6 Å². The fourth-order valence-electron chi connectivity index (χ4n) is 1.14. The zero-order chi connectivity index (χ0) is 12.0. The highest BCUT2D eigenvalue weighted by Gasteiger charge is 2.17. The Bertz CT molecular complexity index is 364. The van der Waals surface area contributed by atoms with E-state index in [1.54, 1.807) is 6.20 Å². The highest BCUT2D eigenvalue weighted by molar-refractivity contribution is 5.82. The highest BCUT2D eigenvalue weighted by Crippen LogP contribution is 1.99. The number of aryl methyl sites for hydroxylation is 1. The maximum atomic E-state index is 10.9. The molecule has 0 saturated carbocycles.